The van der Waals surface area contributed by atoms with Crippen molar-refractivity contribution in [3.63, 3.8) is 0 Å². The van der Waals surface area contributed by atoms with E-state index >= 15 is 0 Å². The van der Waals surface area contributed by atoms with E-state index < -0.39 is 0 Å². The molecular formula is C28H46N4O2. The lowest BCUT2D eigenvalue weighted by Crippen LogP contribution is -2.51. The van der Waals surface area contributed by atoms with Crippen molar-refractivity contribution in [1.82, 2.24) is 20.1 Å². The summed E-state index contributed by atoms with van der Waals surface area (Å²) in [4.78, 5) is 34.6. The predicted molar refractivity (Wildman–Crippen MR) is 137 cm³/mol. The van der Waals surface area contributed by atoms with Gasteiger partial charge in [-0.25, -0.2) is 0 Å². The van der Waals surface area contributed by atoms with Crippen LogP contribution in [0.2, 0.25) is 0 Å². The van der Waals surface area contributed by atoms with Crippen LogP contribution in [0.25, 0.3) is 0 Å². The van der Waals surface area contributed by atoms with E-state index in [4.69, 9.17) is 0 Å². The minimum atomic E-state index is -0.295. The van der Waals surface area contributed by atoms with Gasteiger partial charge in [0, 0.05) is 32.0 Å². The van der Waals surface area contributed by atoms with Crippen LogP contribution in [0.3, 0.4) is 0 Å². The van der Waals surface area contributed by atoms with E-state index in [1.165, 1.54) is 57.8 Å². The number of amides is 2. The first-order valence-corrected chi connectivity index (χ1v) is 13.9. The largest absolute Gasteiger partial charge is 0.354 e. The molecule has 3 rings (SSSR count). The van der Waals surface area contributed by atoms with Crippen LogP contribution in [0.1, 0.15) is 102 Å². The average molecular weight is 471 g/mol. The third-order valence-corrected chi connectivity index (χ3v) is 7.43. The topological polar surface area (TPSA) is 65.5 Å². The zero-order valence-electron chi connectivity index (χ0n) is 21.4. The maximum absolute atomic E-state index is 13.4. The Kier molecular flexibility index (Phi) is 11.9. The Labute approximate surface area is 206 Å². The summed E-state index contributed by atoms with van der Waals surface area (Å²) < 4.78 is 0. The summed E-state index contributed by atoms with van der Waals surface area (Å²) in [5, 5.41) is 3.12. The van der Waals surface area contributed by atoms with Crippen molar-refractivity contribution in [3.05, 3.63) is 30.1 Å². The SMILES string of the molecule is CCCCCCCCCCCCNC(=O)C1CCCN1C(=O)C1CCCN1Cc1cccnc1. The van der Waals surface area contributed by atoms with Gasteiger partial charge >= 0.3 is 0 Å². The summed E-state index contributed by atoms with van der Waals surface area (Å²) in [5.74, 6) is 0.177. The van der Waals surface area contributed by atoms with Crippen LogP contribution in [0.5, 0.6) is 0 Å². The molecule has 2 fully saturated rings. The lowest BCUT2D eigenvalue weighted by molar-refractivity contribution is -0.142. The second-order valence-corrected chi connectivity index (χ2v) is 10.2. The zero-order chi connectivity index (χ0) is 24.0. The molecular weight excluding hydrogens is 424 g/mol. The van der Waals surface area contributed by atoms with Crippen molar-refractivity contribution in [2.45, 2.75) is 115 Å². The van der Waals surface area contributed by atoms with Crippen molar-refractivity contribution in [2.75, 3.05) is 19.6 Å². The van der Waals surface area contributed by atoms with Gasteiger partial charge in [-0.05, 0) is 50.3 Å². The summed E-state index contributed by atoms with van der Waals surface area (Å²) in [5.41, 5.74) is 1.13. The van der Waals surface area contributed by atoms with E-state index in [-0.39, 0.29) is 23.9 Å². The number of rotatable bonds is 15. The van der Waals surface area contributed by atoms with Crippen LogP contribution in [0.15, 0.2) is 24.5 Å². The van der Waals surface area contributed by atoms with Crippen molar-refractivity contribution in [3.8, 4) is 0 Å². The normalized spacial score (nSPS) is 20.7. The molecule has 0 aromatic carbocycles. The number of nitrogens with one attached hydrogen (secondary N) is 1. The molecule has 6 nitrogen and oxygen atoms in total. The minimum Gasteiger partial charge on any atom is -0.354 e. The number of hydrogen-bond acceptors (Lipinski definition) is 4. The zero-order valence-corrected chi connectivity index (χ0v) is 21.4. The van der Waals surface area contributed by atoms with Crippen molar-refractivity contribution in [2.24, 2.45) is 0 Å². The number of unbranched alkanes of at least 4 members (excludes halogenated alkanes) is 9. The second kappa shape index (κ2) is 15.1. The van der Waals surface area contributed by atoms with E-state index in [0.29, 0.717) is 6.54 Å². The minimum absolute atomic E-state index is 0.0404. The molecule has 2 unspecified atom stereocenters. The number of hydrogen-bond donors (Lipinski definition) is 1. The van der Waals surface area contributed by atoms with Crippen LogP contribution >= 0.6 is 0 Å². The van der Waals surface area contributed by atoms with E-state index in [0.717, 1.165) is 57.3 Å². The summed E-state index contributed by atoms with van der Waals surface area (Å²) in [6.45, 7) is 5.36. The summed E-state index contributed by atoms with van der Waals surface area (Å²) >= 11 is 0. The van der Waals surface area contributed by atoms with E-state index in [1.807, 2.05) is 17.2 Å². The Bertz CT molecular complexity index is 726. The first-order chi connectivity index (χ1) is 16.7. The third kappa shape index (κ3) is 8.37. The summed E-state index contributed by atoms with van der Waals surface area (Å²) in [6.07, 6.45) is 20.2. The van der Waals surface area contributed by atoms with Gasteiger partial charge in [0.15, 0.2) is 0 Å². The van der Waals surface area contributed by atoms with Gasteiger partial charge in [-0.2, -0.15) is 0 Å². The van der Waals surface area contributed by atoms with Gasteiger partial charge in [0.2, 0.25) is 11.8 Å². The molecule has 6 heteroatoms. The fraction of sp³-hybridized carbons (Fsp3) is 0.750. The standard InChI is InChI=1S/C28H46N4O2/c1-2-3-4-5-6-7-8-9-10-11-19-30-27(33)25-16-14-21-32(25)28(34)26-17-13-20-31(26)23-24-15-12-18-29-22-24/h12,15,18,22,25-26H,2-11,13-14,16-17,19-21,23H2,1H3,(H,30,33). The Morgan fingerprint density at radius 3 is 2.32 bits per heavy atom. The molecule has 3 heterocycles. The van der Waals surface area contributed by atoms with Gasteiger partial charge in [-0.15, -0.1) is 0 Å². The lowest BCUT2D eigenvalue weighted by atomic mass is 10.1. The molecule has 2 aliphatic rings. The van der Waals surface area contributed by atoms with Gasteiger partial charge in [-0.1, -0.05) is 70.8 Å². The first-order valence-electron chi connectivity index (χ1n) is 13.9. The highest BCUT2D eigenvalue weighted by Crippen LogP contribution is 2.26. The molecule has 0 spiro atoms. The Hall–Kier alpha value is -1.95. The van der Waals surface area contributed by atoms with E-state index in [2.05, 4.69) is 28.2 Å². The molecule has 0 radical (unpaired) electrons. The Morgan fingerprint density at radius 1 is 0.941 bits per heavy atom. The molecule has 1 aromatic rings. The molecule has 1 aromatic heterocycles. The molecule has 190 valence electrons. The molecule has 0 aliphatic carbocycles. The van der Waals surface area contributed by atoms with Crippen LogP contribution < -0.4 is 5.32 Å². The van der Waals surface area contributed by atoms with Gasteiger partial charge in [0.05, 0.1) is 6.04 Å². The fourth-order valence-electron chi connectivity index (χ4n) is 5.46. The lowest BCUT2D eigenvalue weighted by Gasteiger charge is -2.31. The van der Waals surface area contributed by atoms with Crippen molar-refractivity contribution >= 4 is 11.8 Å². The van der Waals surface area contributed by atoms with Crippen LogP contribution in [-0.2, 0) is 16.1 Å². The van der Waals surface area contributed by atoms with Crippen LogP contribution in [-0.4, -0.2) is 58.3 Å². The van der Waals surface area contributed by atoms with Crippen LogP contribution in [0.4, 0.5) is 0 Å². The molecule has 2 saturated heterocycles. The number of aromatic nitrogens is 1. The highest BCUT2D eigenvalue weighted by Gasteiger charge is 2.40. The van der Waals surface area contributed by atoms with Crippen molar-refractivity contribution in [1.29, 1.82) is 0 Å². The number of nitrogens with zero attached hydrogens (tertiary/aromatic N) is 3. The monoisotopic (exact) mass is 470 g/mol. The maximum Gasteiger partial charge on any atom is 0.242 e. The molecule has 2 atom stereocenters. The van der Waals surface area contributed by atoms with Crippen molar-refractivity contribution < 1.29 is 9.59 Å². The summed E-state index contributed by atoms with van der Waals surface area (Å²) in [7, 11) is 0. The predicted octanol–water partition coefficient (Wildman–Crippen LogP) is 5.07. The molecule has 2 amide bonds. The summed E-state index contributed by atoms with van der Waals surface area (Å²) in [6, 6.07) is 3.59. The van der Waals surface area contributed by atoms with Gasteiger partial charge in [0.25, 0.3) is 0 Å². The van der Waals surface area contributed by atoms with Gasteiger partial charge in [-0.3, -0.25) is 19.5 Å². The Morgan fingerprint density at radius 2 is 1.62 bits per heavy atom. The quantitative estimate of drug-likeness (QED) is 0.363. The smallest absolute Gasteiger partial charge is 0.242 e. The molecule has 1 N–H and O–H groups in total. The molecule has 0 bridgehead atoms. The number of likely N-dealkylation sites (tertiary alicyclic amines) is 2. The number of carbonyl (C=O) groups is 2. The molecule has 0 saturated carbocycles. The van der Waals surface area contributed by atoms with Gasteiger partial charge in [0.1, 0.15) is 6.04 Å². The third-order valence-electron chi connectivity index (χ3n) is 7.43. The average Bonchev–Trinajstić information content (AvgIpc) is 3.53. The highest BCUT2D eigenvalue weighted by molar-refractivity contribution is 5.90. The van der Waals surface area contributed by atoms with E-state index in [9.17, 15) is 9.59 Å². The second-order valence-electron chi connectivity index (χ2n) is 10.2. The number of carbonyl (C=O) groups excluding carboxylic acids is 2. The number of pyridine rings is 1. The van der Waals surface area contributed by atoms with E-state index in [1.54, 1.807) is 6.20 Å². The van der Waals surface area contributed by atoms with Gasteiger partial charge < -0.3 is 10.2 Å². The molecule has 34 heavy (non-hydrogen) atoms. The first kappa shape index (κ1) is 26.7. The fourth-order valence-corrected chi connectivity index (χ4v) is 5.46. The van der Waals surface area contributed by atoms with Crippen LogP contribution in [0, 0.1) is 0 Å². The Balaban J connectivity index is 1.34. The maximum atomic E-state index is 13.4. The highest BCUT2D eigenvalue weighted by atomic mass is 16.2. The molecule has 2 aliphatic heterocycles.